The molecule has 0 aromatic rings. The summed E-state index contributed by atoms with van der Waals surface area (Å²) in [5.74, 6) is -1.43. The number of carbonyl (C=O) groups is 1. The zero-order chi connectivity index (χ0) is 9.72. The van der Waals surface area contributed by atoms with Crippen LogP contribution in [0.1, 0.15) is 26.7 Å². The number of hydrogen-bond acceptors (Lipinski definition) is 3. The van der Waals surface area contributed by atoms with Gasteiger partial charge in [-0.25, -0.2) is 0 Å². The first kappa shape index (κ1) is 11.4. The maximum Gasteiger partial charge on any atom is 0.305 e. The first-order valence-electron chi connectivity index (χ1n) is 4.07. The Bertz CT molecular complexity index is 146. The van der Waals surface area contributed by atoms with E-state index in [0.29, 0.717) is 6.42 Å². The van der Waals surface area contributed by atoms with Gasteiger partial charge in [-0.2, -0.15) is 0 Å². The Kier molecular flexibility index (Phi) is 4.85. The molecule has 3 atom stereocenters. The van der Waals surface area contributed by atoms with Crippen molar-refractivity contribution in [3.05, 3.63) is 0 Å². The molecule has 4 heteroatoms. The van der Waals surface area contributed by atoms with E-state index in [1.54, 1.807) is 13.8 Å². The van der Waals surface area contributed by atoms with Crippen LogP contribution in [0.2, 0.25) is 0 Å². The lowest BCUT2D eigenvalue weighted by atomic mass is 9.94. The third kappa shape index (κ3) is 3.69. The maximum atomic E-state index is 10.2. The number of aliphatic carboxylic acids is 1. The Morgan fingerprint density at radius 1 is 1.33 bits per heavy atom. The van der Waals surface area contributed by atoms with E-state index in [-0.39, 0.29) is 12.3 Å². The van der Waals surface area contributed by atoms with E-state index in [2.05, 4.69) is 0 Å². The van der Waals surface area contributed by atoms with Crippen molar-refractivity contribution >= 4 is 5.97 Å². The minimum Gasteiger partial charge on any atom is -0.481 e. The molecule has 0 fully saturated rings. The number of carboxylic acid groups (broad SMARTS) is 1. The van der Waals surface area contributed by atoms with Crippen LogP contribution in [0.4, 0.5) is 0 Å². The molecule has 0 radical (unpaired) electrons. The van der Waals surface area contributed by atoms with Crippen LogP contribution in [-0.2, 0) is 4.79 Å². The molecule has 0 rings (SSSR count). The second kappa shape index (κ2) is 5.11. The number of aliphatic hydroxyl groups excluding tert-OH is 2. The molecule has 0 aliphatic rings. The van der Waals surface area contributed by atoms with Crippen molar-refractivity contribution in [1.29, 1.82) is 0 Å². The molecule has 0 saturated heterocycles. The highest BCUT2D eigenvalue weighted by molar-refractivity contribution is 5.67. The second-order valence-electron chi connectivity index (χ2n) is 3.00. The number of carboxylic acids is 1. The topological polar surface area (TPSA) is 77.8 Å². The van der Waals surface area contributed by atoms with Gasteiger partial charge in [0.25, 0.3) is 0 Å². The summed E-state index contributed by atoms with van der Waals surface area (Å²) in [7, 11) is 0. The first-order valence-corrected chi connectivity index (χ1v) is 4.07. The Balaban J connectivity index is 3.91. The summed E-state index contributed by atoms with van der Waals surface area (Å²) in [6.45, 7) is 3.43. The van der Waals surface area contributed by atoms with Crippen molar-refractivity contribution in [2.75, 3.05) is 0 Å². The maximum absolute atomic E-state index is 10.2. The van der Waals surface area contributed by atoms with Crippen LogP contribution >= 0.6 is 0 Å². The molecule has 0 bridgehead atoms. The van der Waals surface area contributed by atoms with Crippen molar-refractivity contribution in [1.82, 2.24) is 0 Å². The van der Waals surface area contributed by atoms with Gasteiger partial charge in [0.15, 0.2) is 0 Å². The van der Waals surface area contributed by atoms with Crippen molar-refractivity contribution < 1.29 is 20.1 Å². The third-order valence-electron chi connectivity index (χ3n) is 2.02. The normalized spacial score (nSPS) is 18.3. The molecule has 12 heavy (non-hydrogen) atoms. The minimum absolute atomic E-state index is 0.307. The van der Waals surface area contributed by atoms with Gasteiger partial charge in [-0.1, -0.05) is 13.8 Å². The van der Waals surface area contributed by atoms with Crippen molar-refractivity contribution in [3.63, 3.8) is 0 Å². The molecular weight excluding hydrogens is 160 g/mol. The van der Waals surface area contributed by atoms with E-state index in [9.17, 15) is 15.0 Å². The number of rotatable bonds is 5. The van der Waals surface area contributed by atoms with Crippen LogP contribution in [0.3, 0.4) is 0 Å². The third-order valence-corrected chi connectivity index (χ3v) is 2.02. The van der Waals surface area contributed by atoms with Crippen molar-refractivity contribution in [2.45, 2.75) is 38.9 Å². The predicted octanol–water partition coefficient (Wildman–Crippen LogP) is 0.229. The zero-order valence-corrected chi connectivity index (χ0v) is 7.40. The molecule has 0 aliphatic carbocycles. The molecule has 0 saturated carbocycles. The van der Waals surface area contributed by atoms with Crippen molar-refractivity contribution in [3.8, 4) is 0 Å². The van der Waals surface area contributed by atoms with Gasteiger partial charge < -0.3 is 15.3 Å². The molecule has 3 N–H and O–H groups in total. The van der Waals surface area contributed by atoms with Crippen LogP contribution in [0.25, 0.3) is 0 Å². The molecule has 0 amide bonds. The molecule has 0 heterocycles. The van der Waals surface area contributed by atoms with Gasteiger partial charge in [0.05, 0.1) is 18.6 Å². The fraction of sp³-hybridized carbons (Fsp3) is 0.875. The van der Waals surface area contributed by atoms with E-state index >= 15 is 0 Å². The van der Waals surface area contributed by atoms with Crippen LogP contribution in [0.15, 0.2) is 0 Å². The number of hydrogen-bond donors (Lipinski definition) is 3. The smallest absolute Gasteiger partial charge is 0.305 e. The van der Waals surface area contributed by atoms with Gasteiger partial charge in [-0.05, 0) is 6.42 Å². The molecule has 72 valence electrons. The molecule has 0 aliphatic heterocycles. The fourth-order valence-corrected chi connectivity index (χ4v) is 0.993. The molecule has 0 aromatic heterocycles. The summed E-state index contributed by atoms with van der Waals surface area (Å²) < 4.78 is 0. The first-order chi connectivity index (χ1) is 5.49. The van der Waals surface area contributed by atoms with E-state index in [1.165, 1.54) is 0 Å². The molecule has 0 aromatic carbocycles. The molecular formula is C8H16O4. The standard InChI is InChI=1S/C8H16O4/c1-3-6(9)5(2)7(10)4-8(11)12/h5-7,9-10H,3-4H2,1-2H3,(H,11,12). The Hall–Kier alpha value is -0.610. The number of aliphatic hydroxyl groups is 2. The Morgan fingerprint density at radius 3 is 2.17 bits per heavy atom. The van der Waals surface area contributed by atoms with Crippen LogP contribution in [-0.4, -0.2) is 33.5 Å². The quantitative estimate of drug-likeness (QED) is 0.560. The fourth-order valence-electron chi connectivity index (χ4n) is 0.993. The minimum atomic E-state index is -1.04. The van der Waals surface area contributed by atoms with Gasteiger partial charge in [0.1, 0.15) is 0 Å². The van der Waals surface area contributed by atoms with E-state index in [0.717, 1.165) is 0 Å². The Morgan fingerprint density at radius 2 is 1.83 bits per heavy atom. The summed E-state index contributed by atoms with van der Waals surface area (Å²) in [6, 6.07) is 0. The van der Waals surface area contributed by atoms with Crippen LogP contribution in [0, 0.1) is 5.92 Å². The van der Waals surface area contributed by atoms with Crippen LogP contribution in [0.5, 0.6) is 0 Å². The van der Waals surface area contributed by atoms with Crippen molar-refractivity contribution in [2.24, 2.45) is 5.92 Å². The average molecular weight is 176 g/mol. The lowest BCUT2D eigenvalue weighted by Gasteiger charge is -2.21. The largest absolute Gasteiger partial charge is 0.481 e. The second-order valence-corrected chi connectivity index (χ2v) is 3.00. The predicted molar refractivity (Wildman–Crippen MR) is 43.7 cm³/mol. The highest BCUT2D eigenvalue weighted by Crippen LogP contribution is 2.13. The summed E-state index contributed by atoms with van der Waals surface area (Å²) in [6.07, 6.45) is -1.37. The summed E-state index contributed by atoms with van der Waals surface area (Å²) >= 11 is 0. The van der Waals surface area contributed by atoms with Gasteiger partial charge in [0, 0.05) is 5.92 Å². The molecule has 3 unspecified atom stereocenters. The van der Waals surface area contributed by atoms with Crippen LogP contribution < -0.4 is 0 Å². The lowest BCUT2D eigenvalue weighted by molar-refractivity contribution is -0.140. The summed E-state index contributed by atoms with van der Waals surface area (Å²) in [5.41, 5.74) is 0. The van der Waals surface area contributed by atoms with E-state index < -0.39 is 18.2 Å². The molecule has 4 nitrogen and oxygen atoms in total. The van der Waals surface area contributed by atoms with Gasteiger partial charge >= 0.3 is 5.97 Å². The zero-order valence-electron chi connectivity index (χ0n) is 7.40. The highest BCUT2D eigenvalue weighted by atomic mass is 16.4. The van der Waals surface area contributed by atoms with Gasteiger partial charge in [-0.3, -0.25) is 4.79 Å². The van der Waals surface area contributed by atoms with E-state index in [1.807, 2.05) is 0 Å². The average Bonchev–Trinajstić information content (AvgIpc) is 2.00. The highest BCUT2D eigenvalue weighted by Gasteiger charge is 2.22. The van der Waals surface area contributed by atoms with Gasteiger partial charge in [-0.15, -0.1) is 0 Å². The monoisotopic (exact) mass is 176 g/mol. The SMILES string of the molecule is CCC(O)C(C)C(O)CC(=O)O. The lowest BCUT2D eigenvalue weighted by Crippen LogP contribution is -2.30. The summed E-state index contributed by atoms with van der Waals surface area (Å²) in [5, 5.41) is 26.9. The summed E-state index contributed by atoms with van der Waals surface area (Å²) in [4.78, 5) is 10.2. The Labute approximate surface area is 71.8 Å². The van der Waals surface area contributed by atoms with Gasteiger partial charge in [0.2, 0.25) is 0 Å². The van der Waals surface area contributed by atoms with E-state index in [4.69, 9.17) is 5.11 Å². The molecule has 0 spiro atoms.